The van der Waals surface area contributed by atoms with Crippen molar-refractivity contribution < 1.29 is 28.6 Å². The molecule has 1 aliphatic rings. The zero-order valence-corrected chi connectivity index (χ0v) is 20.8. The largest absolute Gasteiger partial charge is 0.493 e. The van der Waals surface area contributed by atoms with Crippen LogP contribution in [-0.2, 0) is 32.0 Å². The summed E-state index contributed by atoms with van der Waals surface area (Å²) in [6, 6.07) is 15.4. The van der Waals surface area contributed by atoms with Gasteiger partial charge < -0.3 is 24.4 Å². The first-order chi connectivity index (χ1) is 16.7. The Kier molecular flexibility index (Phi) is 8.73. The Bertz CT molecular complexity index is 1030. The number of nitrogens with one attached hydrogen (secondary N) is 1. The summed E-state index contributed by atoms with van der Waals surface area (Å²) in [5.74, 6) is -0.334. The van der Waals surface area contributed by atoms with E-state index in [0.717, 1.165) is 16.8 Å². The van der Waals surface area contributed by atoms with E-state index in [1.54, 1.807) is 4.90 Å². The van der Waals surface area contributed by atoms with E-state index in [-0.39, 0.29) is 12.3 Å². The van der Waals surface area contributed by atoms with Gasteiger partial charge in [-0.25, -0.2) is 4.79 Å². The maximum absolute atomic E-state index is 13.3. The van der Waals surface area contributed by atoms with Crippen molar-refractivity contribution in [1.82, 2.24) is 5.32 Å². The van der Waals surface area contributed by atoms with E-state index in [9.17, 15) is 14.4 Å². The molecule has 2 aromatic carbocycles. The SMILES string of the molecule is COC(=O)CC1Cc2ccc(OCCCNC(=O)OC(C)(C)C)cc2N(Cc2ccccc2)C1=O. The Morgan fingerprint density at radius 3 is 2.54 bits per heavy atom. The zero-order chi connectivity index (χ0) is 25.4. The number of hydrogen-bond acceptors (Lipinski definition) is 6. The van der Waals surface area contributed by atoms with Crippen molar-refractivity contribution in [3.63, 3.8) is 0 Å². The lowest BCUT2D eigenvalue weighted by Crippen LogP contribution is -2.41. The molecule has 1 atom stereocenters. The van der Waals surface area contributed by atoms with Crippen molar-refractivity contribution in [2.24, 2.45) is 5.92 Å². The molecule has 0 bridgehead atoms. The van der Waals surface area contributed by atoms with Gasteiger partial charge in [-0.05, 0) is 50.8 Å². The third-order valence-electron chi connectivity index (χ3n) is 5.51. The monoisotopic (exact) mass is 482 g/mol. The van der Waals surface area contributed by atoms with Crippen LogP contribution in [0.1, 0.15) is 44.7 Å². The highest BCUT2D eigenvalue weighted by Crippen LogP contribution is 2.36. The van der Waals surface area contributed by atoms with Crippen LogP contribution in [0.3, 0.4) is 0 Å². The van der Waals surface area contributed by atoms with E-state index < -0.39 is 23.6 Å². The summed E-state index contributed by atoms with van der Waals surface area (Å²) < 4.78 is 15.9. The number of methoxy groups -OCH3 is 1. The van der Waals surface area contributed by atoms with E-state index in [4.69, 9.17) is 14.2 Å². The fourth-order valence-electron chi connectivity index (χ4n) is 3.89. The fraction of sp³-hybridized carbons (Fsp3) is 0.444. The Hall–Kier alpha value is -3.55. The van der Waals surface area contributed by atoms with Gasteiger partial charge in [-0.3, -0.25) is 9.59 Å². The highest BCUT2D eigenvalue weighted by Gasteiger charge is 2.34. The first-order valence-electron chi connectivity index (χ1n) is 11.8. The smallest absolute Gasteiger partial charge is 0.407 e. The number of carbonyl (C=O) groups is 3. The molecule has 1 heterocycles. The lowest BCUT2D eigenvalue weighted by atomic mass is 9.89. The molecule has 1 aliphatic heterocycles. The normalized spacial score (nSPS) is 15.3. The van der Waals surface area contributed by atoms with Crippen LogP contribution in [0.4, 0.5) is 10.5 Å². The van der Waals surface area contributed by atoms with Crippen LogP contribution in [0.25, 0.3) is 0 Å². The number of anilines is 1. The van der Waals surface area contributed by atoms with E-state index >= 15 is 0 Å². The molecule has 2 amide bonds. The van der Waals surface area contributed by atoms with Crippen molar-refractivity contribution in [1.29, 1.82) is 0 Å². The molecule has 35 heavy (non-hydrogen) atoms. The van der Waals surface area contributed by atoms with Crippen LogP contribution in [0.15, 0.2) is 48.5 Å². The quantitative estimate of drug-likeness (QED) is 0.424. The van der Waals surface area contributed by atoms with Crippen molar-refractivity contribution in [3.05, 3.63) is 59.7 Å². The summed E-state index contributed by atoms with van der Waals surface area (Å²) in [7, 11) is 1.33. The summed E-state index contributed by atoms with van der Waals surface area (Å²) in [5, 5.41) is 2.71. The number of ether oxygens (including phenoxy) is 3. The molecule has 3 rings (SSSR count). The standard InChI is InChI=1S/C27H34N2O6/c1-27(2,3)35-26(32)28-13-8-14-34-22-12-11-20-15-21(16-24(30)33-4)25(31)29(23(20)17-22)18-19-9-6-5-7-10-19/h5-7,9-12,17,21H,8,13-16,18H2,1-4H3,(H,28,32). The fourth-order valence-corrected chi connectivity index (χ4v) is 3.89. The second-order valence-electron chi connectivity index (χ2n) is 9.51. The predicted molar refractivity (Wildman–Crippen MR) is 132 cm³/mol. The van der Waals surface area contributed by atoms with Crippen LogP contribution in [-0.4, -0.2) is 43.8 Å². The molecule has 0 aromatic heterocycles. The second-order valence-corrected chi connectivity index (χ2v) is 9.51. The summed E-state index contributed by atoms with van der Waals surface area (Å²) in [4.78, 5) is 38.7. The number of nitrogens with zero attached hydrogens (tertiary/aromatic N) is 1. The first kappa shape index (κ1) is 26.1. The molecule has 0 radical (unpaired) electrons. The molecule has 1 N–H and O–H groups in total. The molecule has 0 spiro atoms. The number of benzene rings is 2. The van der Waals surface area contributed by atoms with Crippen molar-refractivity contribution in [2.75, 3.05) is 25.2 Å². The average molecular weight is 483 g/mol. The van der Waals surface area contributed by atoms with Crippen molar-refractivity contribution in [2.45, 2.75) is 52.2 Å². The molecule has 0 aliphatic carbocycles. The third-order valence-corrected chi connectivity index (χ3v) is 5.51. The van der Waals surface area contributed by atoms with Crippen molar-refractivity contribution in [3.8, 4) is 5.75 Å². The topological polar surface area (TPSA) is 94.2 Å². The number of rotatable bonds is 9. The maximum atomic E-state index is 13.3. The Morgan fingerprint density at radius 2 is 1.86 bits per heavy atom. The minimum absolute atomic E-state index is 0.0446. The molecule has 2 aromatic rings. The van der Waals surface area contributed by atoms with Gasteiger partial charge in [0.2, 0.25) is 5.91 Å². The van der Waals surface area contributed by atoms with Gasteiger partial charge in [0.1, 0.15) is 11.4 Å². The number of esters is 1. The van der Waals surface area contributed by atoms with E-state index in [1.165, 1.54) is 7.11 Å². The van der Waals surface area contributed by atoms with Crippen LogP contribution < -0.4 is 15.0 Å². The summed E-state index contributed by atoms with van der Waals surface area (Å²) in [6.45, 7) is 6.66. The van der Waals surface area contributed by atoms with Gasteiger partial charge in [-0.2, -0.15) is 0 Å². The lowest BCUT2D eigenvalue weighted by Gasteiger charge is -2.34. The molecule has 1 unspecified atom stereocenters. The van der Waals surface area contributed by atoms with E-state index in [2.05, 4.69) is 5.32 Å². The number of carbonyl (C=O) groups excluding carboxylic acids is 3. The average Bonchev–Trinajstić information content (AvgIpc) is 2.81. The molecule has 0 saturated carbocycles. The second kappa shape index (κ2) is 11.7. The van der Waals surface area contributed by atoms with Gasteiger partial charge in [0, 0.05) is 12.6 Å². The van der Waals surface area contributed by atoms with Crippen LogP contribution in [0, 0.1) is 5.92 Å². The number of fused-ring (bicyclic) bond motifs is 1. The highest BCUT2D eigenvalue weighted by atomic mass is 16.6. The van der Waals surface area contributed by atoms with Gasteiger partial charge in [0.15, 0.2) is 0 Å². The Balaban J connectivity index is 1.67. The Morgan fingerprint density at radius 1 is 1.11 bits per heavy atom. The minimum Gasteiger partial charge on any atom is -0.493 e. The van der Waals surface area contributed by atoms with Gasteiger partial charge in [-0.1, -0.05) is 36.4 Å². The number of hydrogen-bond donors (Lipinski definition) is 1. The molecule has 188 valence electrons. The molecule has 8 heteroatoms. The number of amides is 2. The zero-order valence-electron chi connectivity index (χ0n) is 20.8. The van der Waals surface area contributed by atoms with Crippen LogP contribution >= 0.6 is 0 Å². The third kappa shape index (κ3) is 7.73. The van der Waals surface area contributed by atoms with Gasteiger partial charge in [-0.15, -0.1) is 0 Å². The van der Waals surface area contributed by atoms with E-state index in [1.807, 2.05) is 69.3 Å². The van der Waals surface area contributed by atoms with Crippen molar-refractivity contribution >= 4 is 23.7 Å². The summed E-state index contributed by atoms with van der Waals surface area (Å²) >= 11 is 0. The molecule has 0 fully saturated rings. The summed E-state index contributed by atoms with van der Waals surface area (Å²) in [5.41, 5.74) is 2.21. The summed E-state index contributed by atoms with van der Waals surface area (Å²) in [6.07, 6.45) is 0.657. The minimum atomic E-state index is -0.539. The predicted octanol–water partition coefficient (Wildman–Crippen LogP) is 4.25. The molecule has 0 saturated heterocycles. The molecule has 8 nitrogen and oxygen atoms in total. The van der Waals surface area contributed by atoms with Gasteiger partial charge in [0.25, 0.3) is 0 Å². The molecular formula is C27H34N2O6. The van der Waals surface area contributed by atoms with Gasteiger partial charge >= 0.3 is 12.1 Å². The Labute approximate surface area is 206 Å². The van der Waals surface area contributed by atoms with Gasteiger partial charge in [0.05, 0.1) is 38.3 Å². The van der Waals surface area contributed by atoms with E-state index in [0.29, 0.717) is 38.3 Å². The highest BCUT2D eigenvalue weighted by molar-refractivity contribution is 5.99. The molecular weight excluding hydrogens is 448 g/mol. The lowest BCUT2D eigenvalue weighted by molar-refractivity contribution is -0.143. The van der Waals surface area contributed by atoms with Crippen LogP contribution in [0.2, 0.25) is 0 Å². The first-order valence-corrected chi connectivity index (χ1v) is 11.8. The van der Waals surface area contributed by atoms with Crippen LogP contribution in [0.5, 0.6) is 5.75 Å². The maximum Gasteiger partial charge on any atom is 0.407 e. The number of alkyl carbamates (subject to hydrolysis) is 1.